The third kappa shape index (κ3) is 2.38. The van der Waals surface area contributed by atoms with Gasteiger partial charge in [-0.05, 0) is 43.0 Å². The molecule has 0 radical (unpaired) electrons. The Kier molecular flexibility index (Phi) is 3.04. The first-order valence-electron chi connectivity index (χ1n) is 6.56. The van der Waals surface area contributed by atoms with Crippen molar-refractivity contribution in [3.63, 3.8) is 0 Å². The van der Waals surface area contributed by atoms with Gasteiger partial charge in [0.05, 0.1) is 0 Å². The Hall–Kier alpha value is -1.42. The van der Waals surface area contributed by atoms with Gasteiger partial charge in [-0.15, -0.1) is 0 Å². The number of halogens is 1. The van der Waals surface area contributed by atoms with E-state index in [-0.39, 0.29) is 11.7 Å². The van der Waals surface area contributed by atoms with Crippen LogP contribution in [0, 0.1) is 5.82 Å². The molecule has 4 heteroatoms. The lowest BCUT2D eigenvalue weighted by molar-refractivity contribution is -0.118. The van der Waals surface area contributed by atoms with Crippen LogP contribution in [0.3, 0.4) is 0 Å². The molecule has 0 bridgehead atoms. The van der Waals surface area contributed by atoms with Crippen LogP contribution in [0.2, 0.25) is 0 Å². The van der Waals surface area contributed by atoms with Crippen LogP contribution in [-0.2, 0) is 11.2 Å². The van der Waals surface area contributed by atoms with Crippen molar-refractivity contribution in [1.82, 2.24) is 5.32 Å². The summed E-state index contributed by atoms with van der Waals surface area (Å²) in [6, 6.07) is 5.35. The molecule has 1 fully saturated rings. The van der Waals surface area contributed by atoms with Crippen LogP contribution in [0.15, 0.2) is 18.2 Å². The zero-order valence-corrected chi connectivity index (χ0v) is 10.3. The minimum atomic E-state index is -0.223. The van der Waals surface area contributed by atoms with E-state index in [0.717, 1.165) is 17.8 Å². The van der Waals surface area contributed by atoms with Crippen molar-refractivity contribution in [2.75, 3.05) is 18.0 Å². The number of aryl methyl sites for hydroxylation is 1. The molecule has 0 atom stereocenters. The maximum atomic E-state index is 13.2. The van der Waals surface area contributed by atoms with Gasteiger partial charge in [0.25, 0.3) is 0 Å². The van der Waals surface area contributed by atoms with E-state index in [1.807, 2.05) is 0 Å². The van der Waals surface area contributed by atoms with Crippen molar-refractivity contribution < 1.29 is 9.18 Å². The van der Waals surface area contributed by atoms with Crippen molar-refractivity contribution in [3.05, 3.63) is 29.6 Å². The summed E-state index contributed by atoms with van der Waals surface area (Å²) in [7, 11) is 0. The van der Waals surface area contributed by atoms with Crippen molar-refractivity contribution in [3.8, 4) is 0 Å². The van der Waals surface area contributed by atoms with E-state index < -0.39 is 0 Å². The Balaban J connectivity index is 1.73. The summed E-state index contributed by atoms with van der Waals surface area (Å²) in [4.78, 5) is 13.7. The van der Waals surface area contributed by atoms with Crippen LogP contribution in [0.25, 0.3) is 0 Å². The molecule has 1 aliphatic carbocycles. The standard InChI is InChI=1S/C14H17FN2O/c15-11-2-5-13-10(9-11)1-6-14(18)17(13)8-7-16-12-3-4-12/h2,5,9,12,16H,1,3-4,6-8H2. The molecule has 1 N–H and O–H groups in total. The highest BCUT2D eigenvalue weighted by Gasteiger charge is 2.25. The summed E-state index contributed by atoms with van der Waals surface area (Å²) >= 11 is 0. The molecule has 1 aliphatic heterocycles. The van der Waals surface area contributed by atoms with Crippen LogP contribution in [-0.4, -0.2) is 25.0 Å². The van der Waals surface area contributed by atoms with Gasteiger partial charge in [0.1, 0.15) is 5.82 Å². The summed E-state index contributed by atoms with van der Waals surface area (Å²) in [5, 5.41) is 3.40. The van der Waals surface area contributed by atoms with Crippen molar-refractivity contribution >= 4 is 11.6 Å². The summed E-state index contributed by atoms with van der Waals surface area (Å²) in [5.41, 5.74) is 1.83. The van der Waals surface area contributed by atoms with E-state index in [1.54, 1.807) is 17.0 Å². The van der Waals surface area contributed by atoms with E-state index in [4.69, 9.17) is 0 Å². The van der Waals surface area contributed by atoms with Gasteiger partial charge >= 0.3 is 0 Å². The normalized spacial score (nSPS) is 18.9. The van der Waals surface area contributed by atoms with E-state index in [1.165, 1.54) is 18.9 Å². The van der Waals surface area contributed by atoms with Crippen LogP contribution in [0.5, 0.6) is 0 Å². The lowest BCUT2D eigenvalue weighted by Gasteiger charge is -2.29. The van der Waals surface area contributed by atoms with Gasteiger partial charge < -0.3 is 10.2 Å². The number of amides is 1. The highest BCUT2D eigenvalue weighted by atomic mass is 19.1. The predicted molar refractivity (Wildman–Crippen MR) is 68.1 cm³/mol. The Labute approximate surface area is 106 Å². The fraction of sp³-hybridized carbons (Fsp3) is 0.500. The van der Waals surface area contributed by atoms with Gasteiger partial charge in [-0.2, -0.15) is 0 Å². The Morgan fingerprint density at radius 1 is 1.33 bits per heavy atom. The fourth-order valence-corrected chi connectivity index (χ4v) is 2.44. The smallest absolute Gasteiger partial charge is 0.227 e. The maximum absolute atomic E-state index is 13.2. The minimum absolute atomic E-state index is 0.145. The molecule has 3 nitrogen and oxygen atoms in total. The second kappa shape index (κ2) is 4.69. The first kappa shape index (κ1) is 11.7. The molecule has 0 aromatic heterocycles. The molecule has 1 aromatic rings. The van der Waals surface area contributed by atoms with Crippen molar-refractivity contribution in [2.24, 2.45) is 0 Å². The number of carbonyl (C=O) groups is 1. The van der Waals surface area contributed by atoms with Gasteiger partial charge in [0.15, 0.2) is 0 Å². The topological polar surface area (TPSA) is 32.3 Å². The highest BCUT2D eigenvalue weighted by molar-refractivity contribution is 5.96. The molecular weight excluding hydrogens is 231 g/mol. The first-order valence-corrected chi connectivity index (χ1v) is 6.56. The van der Waals surface area contributed by atoms with Gasteiger partial charge in [-0.3, -0.25) is 4.79 Å². The Morgan fingerprint density at radius 2 is 2.17 bits per heavy atom. The van der Waals surface area contributed by atoms with Gasteiger partial charge in [0, 0.05) is 31.2 Å². The molecule has 0 saturated heterocycles. The van der Waals surface area contributed by atoms with E-state index >= 15 is 0 Å². The monoisotopic (exact) mass is 248 g/mol. The molecule has 0 spiro atoms. The highest BCUT2D eigenvalue weighted by Crippen LogP contribution is 2.28. The molecule has 96 valence electrons. The fourth-order valence-electron chi connectivity index (χ4n) is 2.44. The largest absolute Gasteiger partial charge is 0.312 e. The zero-order chi connectivity index (χ0) is 12.5. The maximum Gasteiger partial charge on any atom is 0.227 e. The molecule has 3 rings (SSSR count). The SMILES string of the molecule is O=C1CCc2cc(F)ccc2N1CCNC1CC1. The molecule has 18 heavy (non-hydrogen) atoms. The number of benzene rings is 1. The average Bonchev–Trinajstić information content (AvgIpc) is 3.16. The summed E-state index contributed by atoms with van der Waals surface area (Å²) in [6.07, 6.45) is 3.63. The van der Waals surface area contributed by atoms with Crippen molar-refractivity contribution in [1.29, 1.82) is 0 Å². The third-order valence-electron chi connectivity index (χ3n) is 3.59. The quantitative estimate of drug-likeness (QED) is 0.882. The van der Waals surface area contributed by atoms with Crippen LogP contribution >= 0.6 is 0 Å². The second-order valence-electron chi connectivity index (χ2n) is 5.05. The van der Waals surface area contributed by atoms with Gasteiger partial charge in [-0.1, -0.05) is 0 Å². The summed E-state index contributed by atoms with van der Waals surface area (Å²) < 4.78 is 13.2. The minimum Gasteiger partial charge on any atom is -0.312 e. The lowest BCUT2D eigenvalue weighted by atomic mass is 10.0. The number of carbonyl (C=O) groups excluding carboxylic acids is 1. The number of hydrogen-bond donors (Lipinski definition) is 1. The number of nitrogens with zero attached hydrogens (tertiary/aromatic N) is 1. The Morgan fingerprint density at radius 3 is 2.94 bits per heavy atom. The average molecular weight is 248 g/mol. The third-order valence-corrected chi connectivity index (χ3v) is 3.59. The number of fused-ring (bicyclic) bond motifs is 1. The van der Waals surface area contributed by atoms with Gasteiger partial charge in [-0.25, -0.2) is 4.39 Å². The first-order chi connectivity index (χ1) is 8.74. The zero-order valence-electron chi connectivity index (χ0n) is 10.3. The molecule has 1 amide bonds. The number of rotatable bonds is 4. The predicted octanol–water partition coefficient (Wildman–Crippen LogP) is 1.86. The number of nitrogens with one attached hydrogen (secondary N) is 1. The number of anilines is 1. The summed E-state index contributed by atoms with van der Waals surface area (Å²) in [5.74, 6) is -0.0779. The molecule has 1 aromatic carbocycles. The molecule has 1 heterocycles. The van der Waals surface area contributed by atoms with Crippen LogP contribution < -0.4 is 10.2 Å². The molecule has 1 saturated carbocycles. The van der Waals surface area contributed by atoms with Gasteiger partial charge in [0.2, 0.25) is 5.91 Å². The summed E-state index contributed by atoms with van der Waals surface area (Å²) in [6.45, 7) is 1.49. The molecular formula is C14H17FN2O. The van der Waals surface area contributed by atoms with Crippen LogP contribution in [0.4, 0.5) is 10.1 Å². The van der Waals surface area contributed by atoms with E-state index in [2.05, 4.69) is 5.32 Å². The second-order valence-corrected chi connectivity index (χ2v) is 5.05. The lowest BCUT2D eigenvalue weighted by Crippen LogP contribution is -2.40. The van der Waals surface area contributed by atoms with E-state index in [9.17, 15) is 9.18 Å². The van der Waals surface area contributed by atoms with E-state index in [0.29, 0.717) is 25.4 Å². The number of hydrogen-bond acceptors (Lipinski definition) is 2. The van der Waals surface area contributed by atoms with Crippen LogP contribution in [0.1, 0.15) is 24.8 Å². The molecule has 2 aliphatic rings. The molecule has 0 unspecified atom stereocenters. The Bertz CT molecular complexity index is 471. The van der Waals surface area contributed by atoms with Crippen molar-refractivity contribution in [2.45, 2.75) is 31.7 Å².